The molecule has 1 heterocycles. The lowest BCUT2D eigenvalue weighted by atomic mass is 10.1. The Kier molecular flexibility index (Phi) is 6.86. The quantitative estimate of drug-likeness (QED) is 0.255. The van der Waals surface area contributed by atoms with Gasteiger partial charge in [0.25, 0.3) is 0 Å². The second-order valence-electron chi connectivity index (χ2n) is 6.04. The maximum Gasteiger partial charge on any atom is 0.203 e. The van der Waals surface area contributed by atoms with E-state index in [9.17, 15) is 4.79 Å². The molecule has 0 unspecified atom stereocenters. The molecule has 0 radical (unpaired) electrons. The van der Waals surface area contributed by atoms with Crippen molar-refractivity contribution in [3.05, 3.63) is 81.2 Å². The molecule has 0 bridgehead atoms. The summed E-state index contributed by atoms with van der Waals surface area (Å²) in [6, 6.07) is 15.4. The number of ketones is 1. The summed E-state index contributed by atoms with van der Waals surface area (Å²) < 4.78 is 14.1. The van der Waals surface area contributed by atoms with Crippen molar-refractivity contribution in [3.63, 3.8) is 0 Å². The van der Waals surface area contributed by atoms with Crippen LogP contribution in [0.15, 0.2) is 60.8 Å². The van der Waals surface area contributed by atoms with Gasteiger partial charge in [0, 0.05) is 21.9 Å². The molecule has 0 atom stereocenters. The number of nitrogens with zero attached hydrogens (tertiary/aromatic N) is 2. The zero-order valence-corrected chi connectivity index (χ0v) is 17.9. The topological polar surface area (TPSA) is 53.4 Å². The zero-order valence-electron chi connectivity index (χ0n) is 15.8. The summed E-state index contributed by atoms with van der Waals surface area (Å²) >= 11 is 2.26. The number of methoxy groups -OCH3 is 1. The summed E-state index contributed by atoms with van der Waals surface area (Å²) in [4.78, 5) is 12.4. The van der Waals surface area contributed by atoms with E-state index in [0.717, 1.165) is 26.2 Å². The molecule has 0 spiro atoms. The van der Waals surface area contributed by atoms with Gasteiger partial charge in [0.05, 0.1) is 7.11 Å². The van der Waals surface area contributed by atoms with Crippen LogP contribution in [-0.2, 0) is 13.2 Å². The number of hydrogen-bond acceptors (Lipinski definition) is 4. The van der Waals surface area contributed by atoms with Gasteiger partial charge >= 0.3 is 0 Å². The summed E-state index contributed by atoms with van der Waals surface area (Å²) in [6.07, 6.45) is 5.00. The fraction of sp³-hybridized carbons (Fsp3) is 0.182. The summed E-state index contributed by atoms with van der Waals surface area (Å²) in [7, 11) is 1.63. The molecule has 0 N–H and O–H groups in total. The monoisotopic (exact) mass is 488 g/mol. The largest absolute Gasteiger partial charge is 0.496 e. The van der Waals surface area contributed by atoms with Crippen molar-refractivity contribution >= 4 is 34.5 Å². The van der Waals surface area contributed by atoms with Crippen molar-refractivity contribution < 1.29 is 14.3 Å². The smallest absolute Gasteiger partial charge is 0.203 e. The van der Waals surface area contributed by atoms with Crippen molar-refractivity contribution in [1.29, 1.82) is 0 Å². The lowest BCUT2D eigenvalue weighted by molar-refractivity contribution is 0.103. The van der Waals surface area contributed by atoms with E-state index in [1.54, 1.807) is 36.2 Å². The molecule has 3 rings (SSSR count). The number of benzene rings is 2. The van der Waals surface area contributed by atoms with E-state index in [2.05, 4.69) is 27.7 Å². The fourth-order valence-corrected chi connectivity index (χ4v) is 3.12. The molecule has 1 aromatic heterocycles. The molecule has 0 aliphatic heterocycles. The van der Waals surface area contributed by atoms with E-state index in [0.29, 0.717) is 18.8 Å². The van der Waals surface area contributed by atoms with Crippen molar-refractivity contribution in [3.8, 4) is 11.5 Å². The van der Waals surface area contributed by atoms with Crippen LogP contribution >= 0.6 is 22.6 Å². The highest BCUT2D eigenvalue weighted by Crippen LogP contribution is 2.23. The first-order chi connectivity index (χ1) is 13.6. The van der Waals surface area contributed by atoms with Gasteiger partial charge in [-0.1, -0.05) is 12.1 Å². The zero-order chi connectivity index (χ0) is 19.9. The minimum atomic E-state index is -0.0770. The third kappa shape index (κ3) is 5.01. The van der Waals surface area contributed by atoms with Gasteiger partial charge in [0.15, 0.2) is 0 Å². The first kappa shape index (κ1) is 20.1. The molecule has 0 saturated heterocycles. The number of rotatable bonds is 8. The van der Waals surface area contributed by atoms with Gasteiger partial charge in [0.1, 0.15) is 23.8 Å². The number of allylic oxidation sites excluding steroid dienone is 1. The third-order valence-electron chi connectivity index (χ3n) is 4.21. The van der Waals surface area contributed by atoms with E-state index >= 15 is 0 Å². The van der Waals surface area contributed by atoms with Crippen molar-refractivity contribution in [2.24, 2.45) is 0 Å². The first-order valence-corrected chi connectivity index (χ1v) is 9.98. The highest BCUT2D eigenvalue weighted by molar-refractivity contribution is 14.1. The van der Waals surface area contributed by atoms with E-state index in [1.165, 1.54) is 0 Å². The highest BCUT2D eigenvalue weighted by Gasteiger charge is 2.09. The minimum absolute atomic E-state index is 0.0770. The Morgan fingerprint density at radius 3 is 2.68 bits per heavy atom. The highest BCUT2D eigenvalue weighted by atomic mass is 127. The molecule has 0 fully saturated rings. The first-order valence-electron chi connectivity index (χ1n) is 8.90. The number of aromatic nitrogens is 2. The number of aryl methyl sites for hydroxylation is 1. The number of carbonyl (C=O) groups is 1. The molecule has 0 amide bonds. The Morgan fingerprint density at radius 2 is 1.96 bits per heavy atom. The lowest BCUT2D eigenvalue weighted by Crippen LogP contribution is -2.07. The molecular weight excluding hydrogens is 467 g/mol. The second-order valence-corrected chi connectivity index (χ2v) is 7.29. The third-order valence-corrected chi connectivity index (χ3v) is 4.93. The van der Waals surface area contributed by atoms with Crippen LogP contribution in [0.1, 0.15) is 28.5 Å². The number of halogens is 1. The predicted octanol–water partition coefficient (Wildman–Crippen LogP) is 4.99. The molecule has 0 saturated carbocycles. The van der Waals surface area contributed by atoms with Crippen LogP contribution in [0.5, 0.6) is 11.5 Å². The summed E-state index contributed by atoms with van der Waals surface area (Å²) in [5, 5.41) is 4.13. The molecule has 144 valence electrons. The molecular formula is C22H21IN2O3. The standard InChI is InChI=1S/C22H21IN2O3/c1-3-25-20(12-13-24-25)21(26)10-4-16-5-11-22(27-2)17(14-16)15-28-19-8-6-18(23)7-9-19/h4-14H,3,15H2,1-2H3/b10-4+. The fourth-order valence-electron chi connectivity index (χ4n) is 2.76. The summed E-state index contributed by atoms with van der Waals surface area (Å²) in [5.41, 5.74) is 2.39. The van der Waals surface area contributed by atoms with Crippen LogP contribution in [0, 0.1) is 3.57 Å². The average Bonchev–Trinajstić information content (AvgIpc) is 3.20. The van der Waals surface area contributed by atoms with Crippen molar-refractivity contribution in [1.82, 2.24) is 9.78 Å². The second kappa shape index (κ2) is 9.54. The Bertz CT molecular complexity index is 978. The average molecular weight is 488 g/mol. The number of carbonyl (C=O) groups excluding carboxylic acids is 1. The Morgan fingerprint density at radius 1 is 1.18 bits per heavy atom. The van der Waals surface area contributed by atoms with Gasteiger partial charge in [-0.2, -0.15) is 5.10 Å². The normalized spacial score (nSPS) is 11.0. The number of ether oxygens (including phenoxy) is 2. The maximum absolute atomic E-state index is 12.4. The van der Waals surface area contributed by atoms with Gasteiger partial charge < -0.3 is 9.47 Å². The summed E-state index contributed by atoms with van der Waals surface area (Å²) in [6.45, 7) is 2.99. The van der Waals surface area contributed by atoms with Gasteiger partial charge in [-0.05, 0) is 83.6 Å². The van der Waals surface area contributed by atoms with Crippen LogP contribution in [0.3, 0.4) is 0 Å². The Labute approximate surface area is 178 Å². The van der Waals surface area contributed by atoms with E-state index in [-0.39, 0.29) is 5.78 Å². The molecule has 5 nitrogen and oxygen atoms in total. The molecule has 2 aromatic carbocycles. The Balaban J connectivity index is 1.74. The van der Waals surface area contributed by atoms with Crippen molar-refractivity contribution in [2.45, 2.75) is 20.1 Å². The molecule has 6 heteroatoms. The van der Waals surface area contributed by atoms with Gasteiger partial charge in [-0.15, -0.1) is 0 Å². The maximum atomic E-state index is 12.4. The minimum Gasteiger partial charge on any atom is -0.496 e. The Hall–Kier alpha value is -2.61. The van der Waals surface area contributed by atoms with Gasteiger partial charge in [-0.25, -0.2) is 0 Å². The van der Waals surface area contributed by atoms with Crippen LogP contribution in [0.25, 0.3) is 6.08 Å². The van der Waals surface area contributed by atoms with Crippen LogP contribution in [-0.4, -0.2) is 22.7 Å². The lowest BCUT2D eigenvalue weighted by Gasteiger charge is -2.11. The number of hydrogen-bond donors (Lipinski definition) is 0. The SMILES string of the molecule is CCn1nccc1C(=O)/C=C/c1ccc(OC)c(COc2ccc(I)cc2)c1. The van der Waals surface area contributed by atoms with E-state index in [1.807, 2.05) is 49.4 Å². The van der Waals surface area contributed by atoms with Gasteiger partial charge in [0.2, 0.25) is 5.78 Å². The van der Waals surface area contributed by atoms with Crippen molar-refractivity contribution in [2.75, 3.05) is 7.11 Å². The van der Waals surface area contributed by atoms with Crippen LogP contribution in [0.4, 0.5) is 0 Å². The molecule has 3 aromatic rings. The molecule has 28 heavy (non-hydrogen) atoms. The summed E-state index contributed by atoms with van der Waals surface area (Å²) in [5.74, 6) is 1.47. The van der Waals surface area contributed by atoms with E-state index < -0.39 is 0 Å². The van der Waals surface area contributed by atoms with Gasteiger partial charge in [-0.3, -0.25) is 9.48 Å². The van der Waals surface area contributed by atoms with Crippen LogP contribution < -0.4 is 9.47 Å². The molecule has 0 aliphatic rings. The molecule has 0 aliphatic carbocycles. The van der Waals surface area contributed by atoms with Crippen LogP contribution in [0.2, 0.25) is 0 Å². The predicted molar refractivity (Wildman–Crippen MR) is 118 cm³/mol. The van der Waals surface area contributed by atoms with E-state index in [4.69, 9.17) is 9.47 Å².